The molecule has 3 aromatic heterocycles. The third-order valence-corrected chi connectivity index (χ3v) is 9.07. The van der Waals surface area contributed by atoms with Gasteiger partial charge in [0.2, 0.25) is 10.0 Å². The highest BCUT2D eigenvalue weighted by molar-refractivity contribution is 7.98. The lowest BCUT2D eigenvalue weighted by atomic mass is 10.2. The van der Waals surface area contributed by atoms with Gasteiger partial charge in [0, 0.05) is 37.7 Å². The molecule has 0 bridgehead atoms. The molecule has 4 heterocycles. The van der Waals surface area contributed by atoms with Crippen LogP contribution in [-0.4, -0.2) is 44.7 Å². The topological polar surface area (TPSA) is 89.6 Å². The van der Waals surface area contributed by atoms with Crippen molar-refractivity contribution in [2.75, 3.05) is 13.1 Å². The van der Waals surface area contributed by atoms with Crippen LogP contribution in [0.3, 0.4) is 0 Å². The van der Waals surface area contributed by atoms with Crippen molar-refractivity contribution in [3.63, 3.8) is 0 Å². The first kappa shape index (κ1) is 23.1. The van der Waals surface area contributed by atoms with Crippen LogP contribution in [0, 0.1) is 6.92 Å². The van der Waals surface area contributed by atoms with Crippen LogP contribution in [0.4, 0.5) is 0 Å². The first-order valence-corrected chi connectivity index (χ1v) is 13.9. The van der Waals surface area contributed by atoms with E-state index in [0.717, 1.165) is 35.5 Å². The highest BCUT2D eigenvalue weighted by atomic mass is 32.2. The minimum atomic E-state index is -3.52. The molecule has 4 aromatic rings. The Morgan fingerprint density at radius 2 is 1.82 bits per heavy atom. The molecule has 10 heteroatoms. The minimum absolute atomic E-state index is 0.110. The van der Waals surface area contributed by atoms with Crippen molar-refractivity contribution in [2.45, 2.75) is 55.5 Å². The average Bonchev–Trinajstić information content (AvgIpc) is 3.20. The van der Waals surface area contributed by atoms with Gasteiger partial charge in [-0.15, -0.1) is 0 Å². The van der Waals surface area contributed by atoms with Gasteiger partial charge in [-0.1, -0.05) is 24.2 Å². The zero-order valence-corrected chi connectivity index (χ0v) is 20.9. The highest BCUT2D eigenvalue weighted by Crippen LogP contribution is 2.29. The van der Waals surface area contributed by atoms with Gasteiger partial charge in [-0.3, -0.25) is 9.20 Å². The van der Waals surface area contributed by atoms with E-state index < -0.39 is 10.0 Å². The molecule has 0 atom stereocenters. The Kier molecular flexibility index (Phi) is 6.22. The summed E-state index contributed by atoms with van der Waals surface area (Å²) in [5.41, 5.74) is 3.74. The summed E-state index contributed by atoms with van der Waals surface area (Å²) >= 11 is 1.49. The van der Waals surface area contributed by atoms with Crippen LogP contribution < -0.4 is 5.56 Å². The Balaban J connectivity index is 1.44. The van der Waals surface area contributed by atoms with E-state index in [1.165, 1.54) is 11.8 Å². The normalized spacial score (nSPS) is 15.4. The molecule has 0 spiro atoms. The van der Waals surface area contributed by atoms with E-state index >= 15 is 0 Å². The molecule has 1 aromatic carbocycles. The van der Waals surface area contributed by atoms with E-state index in [1.54, 1.807) is 33.1 Å². The molecule has 34 heavy (non-hydrogen) atoms. The van der Waals surface area contributed by atoms with Crippen molar-refractivity contribution >= 4 is 38.5 Å². The fourth-order valence-electron chi connectivity index (χ4n) is 4.39. The molecular weight excluding hydrogens is 470 g/mol. The van der Waals surface area contributed by atoms with Gasteiger partial charge in [-0.2, -0.15) is 4.31 Å². The van der Waals surface area contributed by atoms with Crippen LogP contribution in [-0.2, 0) is 22.3 Å². The third kappa shape index (κ3) is 4.25. The fourth-order valence-corrected chi connectivity index (χ4v) is 6.90. The highest BCUT2D eigenvalue weighted by Gasteiger charge is 2.26. The maximum absolute atomic E-state index is 13.1. The molecule has 0 radical (unpaired) electrons. The number of nitrogens with zero attached hydrogens (tertiary/aromatic N) is 5. The number of hydrogen-bond acceptors (Lipinski definition) is 6. The Bertz CT molecular complexity index is 1540. The first-order chi connectivity index (χ1) is 16.4. The van der Waals surface area contributed by atoms with Crippen molar-refractivity contribution in [1.29, 1.82) is 0 Å². The van der Waals surface area contributed by atoms with Crippen molar-refractivity contribution in [3.05, 3.63) is 64.2 Å². The number of thioether (sulfide) groups is 1. The van der Waals surface area contributed by atoms with Gasteiger partial charge in [-0.25, -0.2) is 18.4 Å². The minimum Gasteiger partial charge on any atom is -0.319 e. The summed E-state index contributed by atoms with van der Waals surface area (Å²) < 4.78 is 31.4. The smallest absolute Gasteiger partial charge is 0.258 e. The predicted octanol–water partition coefficient (Wildman–Crippen LogP) is 3.84. The Morgan fingerprint density at radius 3 is 2.59 bits per heavy atom. The zero-order valence-electron chi connectivity index (χ0n) is 19.3. The van der Waals surface area contributed by atoms with E-state index in [2.05, 4.69) is 9.55 Å². The number of rotatable bonds is 6. The van der Waals surface area contributed by atoms with Crippen LogP contribution in [0.2, 0.25) is 0 Å². The zero-order chi connectivity index (χ0) is 23.9. The van der Waals surface area contributed by atoms with Crippen molar-refractivity contribution in [1.82, 2.24) is 23.2 Å². The molecule has 1 aliphatic heterocycles. The van der Waals surface area contributed by atoms with Crippen LogP contribution in [0.25, 0.3) is 16.7 Å². The van der Waals surface area contributed by atoms with Gasteiger partial charge < -0.3 is 4.57 Å². The Morgan fingerprint density at radius 1 is 1.03 bits per heavy atom. The Labute approximate surface area is 202 Å². The number of pyridine rings is 1. The van der Waals surface area contributed by atoms with Crippen molar-refractivity contribution in [2.24, 2.45) is 0 Å². The molecule has 1 saturated heterocycles. The third-order valence-electron chi connectivity index (χ3n) is 6.16. The average molecular weight is 498 g/mol. The van der Waals surface area contributed by atoms with Crippen molar-refractivity contribution in [3.8, 4) is 0 Å². The molecule has 1 fully saturated rings. The summed E-state index contributed by atoms with van der Waals surface area (Å²) in [6, 6.07) is 10.5. The molecule has 0 amide bonds. The van der Waals surface area contributed by atoms with E-state index in [9.17, 15) is 13.2 Å². The molecule has 0 N–H and O–H groups in total. The first-order valence-electron chi connectivity index (χ1n) is 11.5. The number of benzene rings is 1. The van der Waals surface area contributed by atoms with Gasteiger partial charge in [-0.05, 0) is 56.5 Å². The van der Waals surface area contributed by atoms with E-state index in [-0.39, 0.29) is 5.56 Å². The second kappa shape index (κ2) is 9.16. The number of piperidine rings is 1. The standard InChI is InChI=1S/C24H27N5O3S2/c1-3-28-21-9-8-19(34(31,32)27-11-5-4-6-12-27)14-20(21)26-24(28)33-16-18-13-23(30)29-15-17(2)7-10-22(29)25-18/h7-10,13-15H,3-6,11-12,16H2,1-2H3. The van der Waals surface area contributed by atoms with Crippen molar-refractivity contribution < 1.29 is 8.42 Å². The van der Waals surface area contributed by atoms with Gasteiger partial charge in [0.05, 0.1) is 21.6 Å². The molecule has 178 valence electrons. The SMILES string of the molecule is CCn1c(SCc2cc(=O)n3cc(C)ccc3n2)nc2cc(S(=O)(=O)N3CCCCC3)ccc21. The number of aromatic nitrogens is 4. The van der Waals surface area contributed by atoms with E-state index in [4.69, 9.17) is 4.98 Å². The summed E-state index contributed by atoms with van der Waals surface area (Å²) in [6.45, 7) is 5.82. The summed E-state index contributed by atoms with van der Waals surface area (Å²) in [4.78, 5) is 22.2. The molecule has 5 rings (SSSR count). The van der Waals surface area contributed by atoms with E-state index in [0.29, 0.717) is 47.1 Å². The fraction of sp³-hybridized carbons (Fsp3) is 0.375. The number of fused-ring (bicyclic) bond motifs is 2. The second-order valence-electron chi connectivity index (χ2n) is 8.56. The lowest BCUT2D eigenvalue weighted by Gasteiger charge is -2.25. The molecule has 0 saturated carbocycles. The van der Waals surface area contributed by atoms with Crippen LogP contribution in [0.15, 0.2) is 57.4 Å². The number of aryl methyl sites for hydroxylation is 2. The molecule has 0 unspecified atom stereocenters. The monoisotopic (exact) mass is 497 g/mol. The summed E-state index contributed by atoms with van der Waals surface area (Å²) in [5.74, 6) is 0.488. The lowest BCUT2D eigenvalue weighted by molar-refractivity contribution is 0.346. The van der Waals surface area contributed by atoms with Crippen LogP contribution >= 0.6 is 11.8 Å². The lowest BCUT2D eigenvalue weighted by Crippen LogP contribution is -2.35. The number of imidazole rings is 1. The van der Waals surface area contributed by atoms with E-state index in [1.807, 2.05) is 32.0 Å². The molecular formula is C24H27N5O3S2. The Hall–Kier alpha value is -2.69. The van der Waals surface area contributed by atoms with Gasteiger partial charge >= 0.3 is 0 Å². The maximum Gasteiger partial charge on any atom is 0.258 e. The molecule has 8 nitrogen and oxygen atoms in total. The van der Waals surface area contributed by atoms with Crippen LogP contribution in [0.5, 0.6) is 0 Å². The number of hydrogen-bond donors (Lipinski definition) is 0. The quantitative estimate of drug-likeness (QED) is 0.376. The van der Waals surface area contributed by atoms with Gasteiger partial charge in [0.25, 0.3) is 5.56 Å². The second-order valence-corrected chi connectivity index (χ2v) is 11.4. The summed E-state index contributed by atoms with van der Waals surface area (Å²) in [5, 5.41) is 0.774. The summed E-state index contributed by atoms with van der Waals surface area (Å²) in [7, 11) is -3.52. The molecule has 1 aliphatic rings. The summed E-state index contributed by atoms with van der Waals surface area (Å²) in [6.07, 6.45) is 4.66. The molecule has 0 aliphatic carbocycles. The predicted molar refractivity (Wildman–Crippen MR) is 134 cm³/mol. The number of sulfonamides is 1. The van der Waals surface area contributed by atoms with Gasteiger partial charge in [0.1, 0.15) is 5.65 Å². The largest absolute Gasteiger partial charge is 0.319 e. The van der Waals surface area contributed by atoms with Crippen LogP contribution in [0.1, 0.15) is 37.4 Å². The van der Waals surface area contributed by atoms with Gasteiger partial charge in [0.15, 0.2) is 5.16 Å². The maximum atomic E-state index is 13.1.